The summed E-state index contributed by atoms with van der Waals surface area (Å²) in [6.07, 6.45) is 0.605. The number of halogens is 4. The number of aliphatic imine (C=N–C) groups is 1. The van der Waals surface area contributed by atoms with E-state index in [2.05, 4.69) is 43.3 Å². The number of carbonyl (C=O) groups excluding carboxylic acids is 1. The molecule has 1 aromatic heterocycles. The maximum atomic E-state index is 13.4. The summed E-state index contributed by atoms with van der Waals surface area (Å²) >= 11 is 3.57. The van der Waals surface area contributed by atoms with Crippen LogP contribution in [-0.2, 0) is 27.7 Å². The Morgan fingerprint density at radius 3 is 2.51 bits per heavy atom. The monoisotopic (exact) mass is 576 g/mol. The van der Waals surface area contributed by atoms with E-state index >= 15 is 0 Å². The zero-order valence-electron chi connectivity index (χ0n) is 20.5. The van der Waals surface area contributed by atoms with Crippen molar-refractivity contribution in [3.05, 3.63) is 57.3 Å². The molecule has 1 spiro atoms. The first-order valence-corrected chi connectivity index (χ1v) is 13.5. The molecule has 0 radical (unpaired) electrons. The van der Waals surface area contributed by atoms with Crippen molar-refractivity contribution >= 4 is 33.4 Å². The van der Waals surface area contributed by atoms with Crippen LogP contribution < -0.4 is 10.2 Å². The van der Waals surface area contributed by atoms with Crippen LogP contribution in [0, 0.1) is 0 Å². The highest BCUT2D eigenvalue weighted by Gasteiger charge is 2.49. The SMILES string of the molecule is CC1(c2nc(C(F)(F)F)ccc2C2=NC3(CCN(c4cc(Br)ccc4COC4CC4)CC3)C(=O)N2)CC1. The van der Waals surface area contributed by atoms with Gasteiger partial charge in [0, 0.05) is 39.8 Å². The smallest absolute Gasteiger partial charge is 0.373 e. The first-order chi connectivity index (χ1) is 17.6. The number of hydrogen-bond donors (Lipinski definition) is 1. The van der Waals surface area contributed by atoms with E-state index in [9.17, 15) is 18.0 Å². The number of anilines is 1. The number of ether oxygens (including phenoxy) is 1. The second-order valence-corrected chi connectivity index (χ2v) is 11.8. The van der Waals surface area contributed by atoms with Crippen LogP contribution in [-0.4, -0.2) is 41.5 Å². The summed E-state index contributed by atoms with van der Waals surface area (Å²) in [5.74, 6) is 0.143. The largest absolute Gasteiger partial charge is 0.433 e. The molecule has 2 aliphatic heterocycles. The van der Waals surface area contributed by atoms with E-state index in [4.69, 9.17) is 9.73 Å². The number of benzene rings is 1. The number of hydrogen-bond acceptors (Lipinski definition) is 5. The highest BCUT2D eigenvalue weighted by molar-refractivity contribution is 9.10. The Bertz CT molecular complexity index is 1280. The maximum absolute atomic E-state index is 13.4. The van der Waals surface area contributed by atoms with E-state index in [-0.39, 0.29) is 5.91 Å². The van der Waals surface area contributed by atoms with Gasteiger partial charge < -0.3 is 15.0 Å². The van der Waals surface area contributed by atoms with Crippen molar-refractivity contribution in [3.8, 4) is 0 Å². The molecule has 2 saturated carbocycles. The summed E-state index contributed by atoms with van der Waals surface area (Å²) in [4.78, 5) is 24.3. The van der Waals surface area contributed by atoms with Crippen molar-refractivity contribution in [1.29, 1.82) is 0 Å². The van der Waals surface area contributed by atoms with Crippen LogP contribution in [0.5, 0.6) is 0 Å². The number of piperidine rings is 1. The van der Waals surface area contributed by atoms with Gasteiger partial charge in [-0.1, -0.05) is 28.9 Å². The summed E-state index contributed by atoms with van der Waals surface area (Å²) in [6.45, 7) is 3.73. The molecule has 1 N–H and O–H groups in total. The van der Waals surface area contributed by atoms with Gasteiger partial charge >= 0.3 is 6.18 Å². The van der Waals surface area contributed by atoms with Crippen LogP contribution >= 0.6 is 15.9 Å². The number of amidine groups is 1. The quantitative estimate of drug-likeness (QED) is 0.492. The fraction of sp³-hybridized carbons (Fsp3) is 0.519. The Morgan fingerprint density at radius 2 is 1.86 bits per heavy atom. The minimum atomic E-state index is -4.53. The lowest BCUT2D eigenvalue weighted by Gasteiger charge is -2.37. The van der Waals surface area contributed by atoms with Crippen molar-refractivity contribution in [1.82, 2.24) is 10.3 Å². The Labute approximate surface area is 221 Å². The molecule has 3 heterocycles. The number of amides is 1. The van der Waals surface area contributed by atoms with Gasteiger partial charge in [-0.3, -0.25) is 9.79 Å². The average Bonchev–Trinajstić information content (AvgIpc) is 3.80. The van der Waals surface area contributed by atoms with Crippen LogP contribution in [0.15, 0.2) is 39.8 Å². The fourth-order valence-electron chi connectivity index (χ4n) is 5.19. The highest BCUT2D eigenvalue weighted by Crippen LogP contribution is 2.49. The molecule has 0 unspecified atom stereocenters. The van der Waals surface area contributed by atoms with Gasteiger partial charge in [-0.2, -0.15) is 13.2 Å². The van der Waals surface area contributed by atoms with Gasteiger partial charge in [0.25, 0.3) is 5.91 Å². The lowest BCUT2D eigenvalue weighted by Crippen LogP contribution is -2.49. The second-order valence-electron chi connectivity index (χ2n) is 10.9. The zero-order chi connectivity index (χ0) is 26.0. The van der Waals surface area contributed by atoms with Crippen LogP contribution in [0.1, 0.15) is 68.0 Å². The molecule has 1 amide bonds. The average molecular weight is 577 g/mol. The topological polar surface area (TPSA) is 66.8 Å². The number of nitrogens with one attached hydrogen (secondary N) is 1. The van der Waals surface area contributed by atoms with Gasteiger partial charge in [0.05, 0.1) is 18.4 Å². The number of rotatable bonds is 6. The Balaban J connectivity index is 1.25. The summed E-state index contributed by atoms with van der Waals surface area (Å²) in [7, 11) is 0. The molecule has 6 nitrogen and oxygen atoms in total. The molecule has 1 aromatic carbocycles. The minimum Gasteiger partial charge on any atom is -0.373 e. The fourth-order valence-corrected chi connectivity index (χ4v) is 5.54. The van der Waals surface area contributed by atoms with Crippen LogP contribution in [0.3, 0.4) is 0 Å². The van der Waals surface area contributed by atoms with Crippen molar-refractivity contribution in [3.63, 3.8) is 0 Å². The highest BCUT2D eigenvalue weighted by atomic mass is 79.9. The van der Waals surface area contributed by atoms with Crippen LogP contribution in [0.25, 0.3) is 0 Å². The van der Waals surface area contributed by atoms with Gasteiger partial charge in [0.15, 0.2) is 0 Å². The lowest BCUT2D eigenvalue weighted by atomic mass is 9.87. The normalized spacial score (nSPS) is 22.2. The molecule has 6 rings (SSSR count). The van der Waals surface area contributed by atoms with Crippen molar-refractivity contribution in [2.75, 3.05) is 18.0 Å². The van der Waals surface area contributed by atoms with Crippen molar-refractivity contribution in [2.45, 2.75) is 75.3 Å². The molecule has 1 saturated heterocycles. The van der Waals surface area contributed by atoms with Crippen LogP contribution in [0.2, 0.25) is 0 Å². The third-order valence-corrected chi connectivity index (χ3v) is 8.46. The molecule has 196 valence electrons. The van der Waals surface area contributed by atoms with Gasteiger partial charge in [-0.15, -0.1) is 0 Å². The molecule has 0 atom stereocenters. The minimum absolute atomic E-state index is 0.194. The van der Waals surface area contributed by atoms with E-state index < -0.39 is 22.8 Å². The van der Waals surface area contributed by atoms with Crippen molar-refractivity contribution in [2.24, 2.45) is 4.99 Å². The molecular formula is C27H28BrF3N4O2. The predicted octanol–water partition coefficient (Wildman–Crippen LogP) is 5.51. The van der Waals surface area contributed by atoms with E-state index in [1.807, 2.05) is 13.0 Å². The molecule has 3 fully saturated rings. The summed E-state index contributed by atoms with van der Waals surface area (Å²) in [5.41, 5.74) is 0.795. The first-order valence-electron chi connectivity index (χ1n) is 12.7. The standard InChI is InChI=1S/C27H28BrF3N4O2/c1-25(8-9-25)22-19(6-7-21(32-22)27(29,30)31)23-33-24(36)26(34-23)10-12-35(13-11-26)20-14-17(28)3-2-16(20)15-37-18-4-5-18/h2-3,6-7,14,18H,4-5,8-13,15H2,1H3,(H,33,34,36). The molecule has 2 aromatic rings. The van der Waals surface area contributed by atoms with Gasteiger partial charge in [-0.25, -0.2) is 4.98 Å². The van der Waals surface area contributed by atoms with Gasteiger partial charge in [-0.05, 0) is 62.8 Å². The summed E-state index contributed by atoms with van der Waals surface area (Å²) in [6, 6.07) is 8.56. The molecular weight excluding hydrogens is 549 g/mol. The van der Waals surface area contributed by atoms with E-state index in [1.54, 1.807) is 0 Å². The molecule has 4 aliphatic rings. The van der Waals surface area contributed by atoms with E-state index in [1.165, 1.54) is 6.07 Å². The first kappa shape index (κ1) is 24.9. The zero-order valence-corrected chi connectivity index (χ0v) is 22.1. The van der Waals surface area contributed by atoms with Gasteiger partial charge in [0.1, 0.15) is 17.1 Å². The molecule has 10 heteroatoms. The van der Waals surface area contributed by atoms with E-state index in [0.717, 1.165) is 47.5 Å². The predicted molar refractivity (Wildman–Crippen MR) is 137 cm³/mol. The Hall–Kier alpha value is -2.46. The van der Waals surface area contributed by atoms with E-state index in [0.29, 0.717) is 55.7 Å². The number of nitrogens with zero attached hydrogens (tertiary/aromatic N) is 3. The number of aromatic nitrogens is 1. The lowest BCUT2D eigenvalue weighted by molar-refractivity contribution is -0.141. The summed E-state index contributed by atoms with van der Waals surface area (Å²) < 4.78 is 47.1. The number of alkyl halides is 3. The Morgan fingerprint density at radius 1 is 1.14 bits per heavy atom. The third-order valence-electron chi connectivity index (χ3n) is 7.97. The Kier molecular flexibility index (Phi) is 5.91. The number of pyridine rings is 1. The molecule has 2 aliphatic carbocycles. The van der Waals surface area contributed by atoms with Crippen LogP contribution in [0.4, 0.5) is 18.9 Å². The second kappa shape index (κ2) is 8.80. The van der Waals surface area contributed by atoms with Gasteiger partial charge in [0.2, 0.25) is 0 Å². The molecule has 37 heavy (non-hydrogen) atoms. The number of carbonyl (C=O) groups is 1. The third kappa shape index (κ3) is 4.78. The van der Waals surface area contributed by atoms with Crippen molar-refractivity contribution < 1.29 is 22.7 Å². The maximum Gasteiger partial charge on any atom is 0.433 e. The molecule has 0 bridgehead atoms. The summed E-state index contributed by atoms with van der Waals surface area (Å²) in [5, 5.41) is 2.89.